The minimum absolute atomic E-state index is 0.240. The van der Waals surface area contributed by atoms with E-state index in [-0.39, 0.29) is 5.82 Å². The van der Waals surface area contributed by atoms with Gasteiger partial charge in [0.15, 0.2) is 0 Å². The first kappa shape index (κ1) is 17.7. The first-order valence-corrected chi connectivity index (χ1v) is 10.3. The van der Waals surface area contributed by atoms with Gasteiger partial charge in [-0.05, 0) is 36.4 Å². The third-order valence-electron chi connectivity index (χ3n) is 4.95. The number of nitrogens with zero attached hydrogens (tertiary/aromatic N) is 3. The van der Waals surface area contributed by atoms with Crippen LogP contribution in [0.3, 0.4) is 0 Å². The van der Waals surface area contributed by atoms with Gasteiger partial charge in [0.05, 0.1) is 21.7 Å². The number of rotatable bonds is 3. The van der Waals surface area contributed by atoms with Crippen molar-refractivity contribution in [1.82, 2.24) is 14.5 Å². The van der Waals surface area contributed by atoms with Gasteiger partial charge in [-0.1, -0.05) is 11.6 Å². The fourth-order valence-electron chi connectivity index (χ4n) is 3.67. The Morgan fingerprint density at radius 3 is 3.00 bits per heavy atom. The van der Waals surface area contributed by atoms with Crippen LogP contribution >= 0.6 is 22.9 Å². The van der Waals surface area contributed by atoms with E-state index in [2.05, 4.69) is 21.3 Å². The molecule has 0 unspecified atom stereocenters. The smallest absolute Gasteiger partial charge is 0.142 e. The van der Waals surface area contributed by atoms with Crippen molar-refractivity contribution >= 4 is 33.8 Å². The van der Waals surface area contributed by atoms with Crippen LogP contribution in [0.15, 0.2) is 53.5 Å². The van der Waals surface area contributed by atoms with Crippen molar-refractivity contribution < 1.29 is 9.13 Å². The molecule has 0 atom stereocenters. The van der Waals surface area contributed by atoms with Gasteiger partial charge in [-0.15, -0.1) is 11.3 Å². The van der Waals surface area contributed by atoms with Crippen molar-refractivity contribution in [2.75, 3.05) is 13.2 Å². The summed E-state index contributed by atoms with van der Waals surface area (Å²) in [6.45, 7) is 2.90. The Hall–Kier alpha value is -2.41. The Kier molecular flexibility index (Phi) is 4.55. The van der Waals surface area contributed by atoms with E-state index in [4.69, 9.17) is 16.3 Å². The van der Waals surface area contributed by atoms with Crippen LogP contribution in [0.5, 0.6) is 5.75 Å². The summed E-state index contributed by atoms with van der Waals surface area (Å²) in [5.74, 6) is 0.505. The van der Waals surface area contributed by atoms with Gasteiger partial charge in [0, 0.05) is 47.8 Å². The third-order valence-corrected chi connectivity index (χ3v) is 5.87. The second-order valence-electron chi connectivity index (χ2n) is 6.84. The Bertz CT molecular complexity index is 1140. The standard InChI is InChI=1S/C21H17ClFN3OS/c22-19-9-18(26-4-3-14-7-16(23)1-2-20(14)26)8-15-10-25(5-6-27-21(15)19)11-17-12-28-13-24-17/h1-4,7-9,12-13H,5-6,10-11H2. The number of halogens is 2. The predicted molar refractivity (Wildman–Crippen MR) is 110 cm³/mol. The average Bonchev–Trinajstić information content (AvgIpc) is 3.27. The van der Waals surface area contributed by atoms with Gasteiger partial charge < -0.3 is 9.30 Å². The van der Waals surface area contributed by atoms with Gasteiger partial charge in [0.1, 0.15) is 18.2 Å². The van der Waals surface area contributed by atoms with Crippen LogP contribution < -0.4 is 4.74 Å². The van der Waals surface area contributed by atoms with Gasteiger partial charge in [0.25, 0.3) is 0 Å². The van der Waals surface area contributed by atoms with Crippen LogP contribution in [0, 0.1) is 5.82 Å². The third kappa shape index (κ3) is 3.28. The maximum absolute atomic E-state index is 13.5. The summed E-state index contributed by atoms with van der Waals surface area (Å²) in [4.78, 5) is 6.70. The average molecular weight is 414 g/mol. The molecule has 0 saturated carbocycles. The van der Waals surface area contributed by atoms with E-state index in [9.17, 15) is 4.39 Å². The summed E-state index contributed by atoms with van der Waals surface area (Å²) in [7, 11) is 0. The van der Waals surface area contributed by atoms with Crippen molar-refractivity contribution in [2.45, 2.75) is 13.1 Å². The number of hydrogen-bond donors (Lipinski definition) is 0. The lowest BCUT2D eigenvalue weighted by molar-refractivity contribution is 0.218. The zero-order chi connectivity index (χ0) is 19.1. The van der Waals surface area contributed by atoms with Gasteiger partial charge in [0.2, 0.25) is 0 Å². The Labute approximate surface area is 170 Å². The number of ether oxygens (including phenoxy) is 1. The van der Waals surface area contributed by atoms with Crippen molar-refractivity contribution in [3.05, 3.63) is 75.6 Å². The van der Waals surface area contributed by atoms with Crippen LogP contribution in [0.2, 0.25) is 5.02 Å². The topological polar surface area (TPSA) is 30.3 Å². The molecule has 0 aliphatic carbocycles. The highest BCUT2D eigenvalue weighted by molar-refractivity contribution is 7.07. The Morgan fingerprint density at radius 1 is 1.21 bits per heavy atom. The Morgan fingerprint density at radius 2 is 2.14 bits per heavy atom. The SMILES string of the molecule is Fc1ccc2c(ccn2-c2cc(Cl)c3c(c2)CN(Cc2cscn2)CCO3)c1. The molecule has 0 fully saturated rings. The molecule has 3 heterocycles. The fourth-order valence-corrected chi connectivity index (χ4v) is 4.50. The highest BCUT2D eigenvalue weighted by Gasteiger charge is 2.20. The zero-order valence-corrected chi connectivity index (χ0v) is 16.5. The van der Waals surface area contributed by atoms with Crippen molar-refractivity contribution in [3.63, 3.8) is 0 Å². The molecule has 0 N–H and O–H groups in total. The minimum Gasteiger partial charge on any atom is -0.490 e. The lowest BCUT2D eigenvalue weighted by Gasteiger charge is -2.18. The molecule has 0 radical (unpaired) electrons. The van der Waals surface area contributed by atoms with E-state index in [1.165, 1.54) is 12.1 Å². The normalized spacial score (nSPS) is 14.6. The summed E-state index contributed by atoms with van der Waals surface area (Å²) in [5.41, 5.74) is 5.83. The second kappa shape index (κ2) is 7.20. The molecule has 7 heteroatoms. The van der Waals surface area contributed by atoms with E-state index in [0.717, 1.165) is 53.2 Å². The van der Waals surface area contributed by atoms with E-state index >= 15 is 0 Å². The molecule has 0 amide bonds. The number of fused-ring (bicyclic) bond motifs is 2. The molecular weight excluding hydrogens is 397 g/mol. The molecule has 4 aromatic rings. The lowest BCUT2D eigenvalue weighted by atomic mass is 10.1. The van der Waals surface area contributed by atoms with Gasteiger partial charge in [-0.25, -0.2) is 9.37 Å². The van der Waals surface area contributed by atoms with E-state index in [1.807, 2.05) is 28.4 Å². The largest absolute Gasteiger partial charge is 0.490 e. The molecule has 142 valence electrons. The van der Waals surface area contributed by atoms with Gasteiger partial charge in [-0.2, -0.15) is 0 Å². The summed E-state index contributed by atoms with van der Waals surface area (Å²) >= 11 is 8.18. The molecule has 4 nitrogen and oxygen atoms in total. The molecule has 2 aromatic carbocycles. The molecule has 2 aromatic heterocycles. The molecule has 1 aliphatic heterocycles. The lowest BCUT2D eigenvalue weighted by Crippen LogP contribution is -2.25. The van der Waals surface area contributed by atoms with Crippen LogP contribution in [0.4, 0.5) is 4.39 Å². The van der Waals surface area contributed by atoms with Crippen molar-refractivity contribution in [3.8, 4) is 11.4 Å². The summed E-state index contributed by atoms with van der Waals surface area (Å²) in [6.07, 6.45) is 1.94. The molecule has 0 bridgehead atoms. The Balaban J connectivity index is 1.53. The second-order valence-corrected chi connectivity index (χ2v) is 7.97. The molecular formula is C21H17ClFN3OS. The molecule has 0 saturated heterocycles. The quantitative estimate of drug-likeness (QED) is 0.458. The van der Waals surface area contributed by atoms with E-state index in [0.29, 0.717) is 11.6 Å². The summed E-state index contributed by atoms with van der Waals surface area (Å²) in [5, 5.41) is 3.51. The number of benzene rings is 2. The van der Waals surface area contributed by atoms with Crippen LogP contribution in [-0.4, -0.2) is 27.6 Å². The summed E-state index contributed by atoms with van der Waals surface area (Å²) in [6, 6.07) is 10.7. The molecule has 1 aliphatic rings. The zero-order valence-electron chi connectivity index (χ0n) is 14.9. The van der Waals surface area contributed by atoms with Crippen molar-refractivity contribution in [2.24, 2.45) is 0 Å². The van der Waals surface area contributed by atoms with Crippen molar-refractivity contribution in [1.29, 1.82) is 0 Å². The van der Waals surface area contributed by atoms with Crippen LogP contribution in [0.25, 0.3) is 16.6 Å². The fraction of sp³-hybridized carbons (Fsp3) is 0.190. The summed E-state index contributed by atoms with van der Waals surface area (Å²) < 4.78 is 21.5. The molecule has 5 rings (SSSR count). The van der Waals surface area contributed by atoms with Gasteiger partial charge >= 0.3 is 0 Å². The van der Waals surface area contributed by atoms with Crippen LogP contribution in [-0.2, 0) is 13.1 Å². The maximum atomic E-state index is 13.5. The van der Waals surface area contributed by atoms with Crippen LogP contribution in [0.1, 0.15) is 11.3 Å². The van der Waals surface area contributed by atoms with Gasteiger partial charge in [-0.3, -0.25) is 4.90 Å². The number of aromatic nitrogens is 2. The number of hydrogen-bond acceptors (Lipinski definition) is 4. The molecule has 28 heavy (non-hydrogen) atoms. The monoisotopic (exact) mass is 413 g/mol. The maximum Gasteiger partial charge on any atom is 0.142 e. The predicted octanol–water partition coefficient (Wildman–Crippen LogP) is 5.27. The first-order valence-electron chi connectivity index (χ1n) is 8.99. The first-order chi connectivity index (χ1) is 13.7. The highest BCUT2D eigenvalue weighted by atomic mass is 35.5. The minimum atomic E-state index is -0.240. The molecule has 0 spiro atoms. The van der Waals surface area contributed by atoms with E-state index < -0.39 is 0 Å². The highest BCUT2D eigenvalue weighted by Crippen LogP contribution is 2.35. The van der Waals surface area contributed by atoms with E-state index in [1.54, 1.807) is 17.4 Å². The number of thiazole rings is 1.